The predicted octanol–water partition coefficient (Wildman–Crippen LogP) is 5.92. The number of hydrogen-bond acceptors (Lipinski definition) is 3. The number of likely N-dealkylation sites (N-methyl/N-ethyl adjacent to an activating group) is 1. The molecule has 1 amide bonds. The van der Waals surface area contributed by atoms with Gasteiger partial charge in [0.15, 0.2) is 0 Å². The number of nitrogens with zero attached hydrogens (tertiary/aromatic N) is 3. The Hall–Kier alpha value is -1.69. The third-order valence-electron chi connectivity index (χ3n) is 5.93. The van der Waals surface area contributed by atoms with E-state index in [9.17, 15) is 4.79 Å². The monoisotopic (exact) mass is 452 g/mol. The number of carbonyl (C=O) groups excluding carboxylic acids is 1. The van der Waals surface area contributed by atoms with Gasteiger partial charge in [0.25, 0.3) is 5.91 Å². The van der Waals surface area contributed by atoms with Gasteiger partial charge in [0.2, 0.25) is 0 Å². The SMILES string of the molecule is CC1=C(C(=O)N(C)C2CCCCC2)C(c2cccc(Cl)c2Cl)n2ncc(Cl)c2N1. The molecule has 4 rings (SSSR count). The Morgan fingerprint density at radius 2 is 1.90 bits per heavy atom. The Labute approximate surface area is 185 Å². The zero-order valence-corrected chi connectivity index (χ0v) is 18.7. The molecule has 5 nitrogen and oxygen atoms in total. The van der Waals surface area contributed by atoms with E-state index in [4.69, 9.17) is 34.8 Å². The van der Waals surface area contributed by atoms with Crippen molar-refractivity contribution < 1.29 is 4.79 Å². The third kappa shape index (κ3) is 3.65. The second-order valence-electron chi connectivity index (χ2n) is 7.70. The van der Waals surface area contributed by atoms with Gasteiger partial charge in [-0.05, 0) is 25.8 Å². The van der Waals surface area contributed by atoms with Gasteiger partial charge in [0.05, 0.1) is 21.8 Å². The lowest BCUT2D eigenvalue weighted by atomic mass is 9.91. The van der Waals surface area contributed by atoms with Crippen LogP contribution in [0.15, 0.2) is 35.7 Å². The molecule has 0 radical (unpaired) electrons. The number of allylic oxidation sites excluding steroid dienone is 1. The van der Waals surface area contributed by atoms with E-state index in [-0.39, 0.29) is 11.9 Å². The summed E-state index contributed by atoms with van der Waals surface area (Å²) >= 11 is 19.2. The summed E-state index contributed by atoms with van der Waals surface area (Å²) in [6, 6.07) is 5.18. The molecule has 2 heterocycles. The Kier molecular flexibility index (Phi) is 5.83. The highest BCUT2D eigenvalue weighted by molar-refractivity contribution is 6.42. The number of amides is 1. The van der Waals surface area contributed by atoms with Crippen LogP contribution in [-0.2, 0) is 4.79 Å². The van der Waals surface area contributed by atoms with Crippen LogP contribution < -0.4 is 5.32 Å². The fraction of sp³-hybridized carbons (Fsp3) is 0.429. The first kappa shape index (κ1) is 20.6. The third-order valence-corrected chi connectivity index (χ3v) is 7.04. The largest absolute Gasteiger partial charge is 0.342 e. The molecule has 0 bridgehead atoms. The van der Waals surface area contributed by atoms with Crippen molar-refractivity contribution in [2.45, 2.75) is 51.1 Å². The molecule has 0 saturated heterocycles. The van der Waals surface area contributed by atoms with Gasteiger partial charge in [-0.2, -0.15) is 5.10 Å². The smallest absolute Gasteiger partial charge is 0.254 e. The molecule has 0 spiro atoms. The van der Waals surface area contributed by atoms with Gasteiger partial charge in [0, 0.05) is 24.4 Å². The maximum absolute atomic E-state index is 13.7. The van der Waals surface area contributed by atoms with Crippen molar-refractivity contribution in [3.8, 4) is 0 Å². The van der Waals surface area contributed by atoms with Crippen LogP contribution in [0.5, 0.6) is 0 Å². The summed E-state index contributed by atoms with van der Waals surface area (Å²) in [5.74, 6) is 0.613. The van der Waals surface area contributed by atoms with Crippen molar-refractivity contribution >= 4 is 46.5 Å². The number of aromatic nitrogens is 2. The van der Waals surface area contributed by atoms with Gasteiger partial charge in [0.1, 0.15) is 16.9 Å². The molecule has 1 unspecified atom stereocenters. The fourth-order valence-corrected chi connectivity index (χ4v) is 4.94. The molecule has 1 fully saturated rings. The summed E-state index contributed by atoms with van der Waals surface area (Å²) in [6.07, 6.45) is 7.17. The van der Waals surface area contributed by atoms with E-state index >= 15 is 0 Å². The zero-order valence-electron chi connectivity index (χ0n) is 16.4. The topological polar surface area (TPSA) is 50.2 Å². The Bertz CT molecular complexity index is 978. The highest BCUT2D eigenvalue weighted by atomic mass is 35.5. The van der Waals surface area contributed by atoms with Crippen LogP contribution in [0.2, 0.25) is 15.1 Å². The van der Waals surface area contributed by atoms with Crippen LogP contribution in [0.3, 0.4) is 0 Å². The van der Waals surface area contributed by atoms with Crippen LogP contribution in [0.4, 0.5) is 5.82 Å². The molecule has 1 saturated carbocycles. The van der Waals surface area contributed by atoms with Crippen LogP contribution in [0.25, 0.3) is 0 Å². The van der Waals surface area contributed by atoms with Crippen LogP contribution in [0.1, 0.15) is 50.6 Å². The van der Waals surface area contributed by atoms with E-state index < -0.39 is 6.04 Å². The van der Waals surface area contributed by atoms with Crippen molar-refractivity contribution in [2.24, 2.45) is 0 Å². The fourth-order valence-electron chi connectivity index (χ4n) is 4.35. The molecular formula is C21H23Cl3N4O. The predicted molar refractivity (Wildman–Crippen MR) is 118 cm³/mol. The molecule has 1 aliphatic carbocycles. The Morgan fingerprint density at radius 1 is 1.17 bits per heavy atom. The molecule has 8 heteroatoms. The number of rotatable bonds is 3. The van der Waals surface area contributed by atoms with Gasteiger partial charge < -0.3 is 10.2 Å². The van der Waals surface area contributed by atoms with Crippen molar-refractivity contribution in [2.75, 3.05) is 12.4 Å². The summed E-state index contributed by atoms with van der Waals surface area (Å²) in [4.78, 5) is 15.6. The molecule has 1 aliphatic heterocycles. The number of nitrogens with one attached hydrogen (secondary N) is 1. The van der Waals surface area contributed by atoms with E-state index in [1.54, 1.807) is 16.9 Å². The first-order chi connectivity index (χ1) is 13.9. The summed E-state index contributed by atoms with van der Waals surface area (Å²) in [5, 5.41) is 9.03. The summed E-state index contributed by atoms with van der Waals surface area (Å²) in [5.41, 5.74) is 2.07. The molecule has 1 N–H and O–H groups in total. The molecule has 2 aromatic rings. The molecule has 154 valence electrons. The molecular weight excluding hydrogens is 431 g/mol. The molecule has 1 aromatic carbocycles. The summed E-state index contributed by atoms with van der Waals surface area (Å²) < 4.78 is 1.72. The minimum absolute atomic E-state index is 0.0276. The Morgan fingerprint density at radius 3 is 2.62 bits per heavy atom. The second kappa shape index (κ2) is 8.21. The first-order valence-corrected chi connectivity index (χ1v) is 11.0. The Balaban J connectivity index is 1.81. The lowest BCUT2D eigenvalue weighted by Gasteiger charge is -2.36. The van der Waals surface area contributed by atoms with Crippen molar-refractivity contribution in [1.82, 2.24) is 14.7 Å². The number of anilines is 1. The van der Waals surface area contributed by atoms with Gasteiger partial charge in [-0.1, -0.05) is 66.2 Å². The van der Waals surface area contributed by atoms with E-state index in [1.807, 2.05) is 31.0 Å². The average Bonchev–Trinajstić information content (AvgIpc) is 3.09. The van der Waals surface area contributed by atoms with Gasteiger partial charge in [-0.15, -0.1) is 0 Å². The van der Waals surface area contributed by atoms with Gasteiger partial charge in [-0.3, -0.25) is 4.79 Å². The second-order valence-corrected chi connectivity index (χ2v) is 8.90. The van der Waals surface area contributed by atoms with Gasteiger partial charge >= 0.3 is 0 Å². The molecule has 2 aliphatic rings. The number of benzene rings is 1. The quantitative estimate of drug-likeness (QED) is 0.627. The van der Waals surface area contributed by atoms with Crippen molar-refractivity contribution in [3.63, 3.8) is 0 Å². The maximum atomic E-state index is 13.7. The van der Waals surface area contributed by atoms with E-state index in [0.717, 1.165) is 36.9 Å². The van der Waals surface area contributed by atoms with Crippen LogP contribution in [-0.4, -0.2) is 33.7 Å². The zero-order chi connectivity index (χ0) is 20.7. The normalized spacial score (nSPS) is 19.7. The number of halogens is 3. The minimum Gasteiger partial charge on any atom is -0.342 e. The first-order valence-electron chi connectivity index (χ1n) is 9.82. The average molecular weight is 454 g/mol. The lowest BCUT2D eigenvalue weighted by Crippen LogP contribution is -2.42. The van der Waals surface area contributed by atoms with E-state index in [1.165, 1.54) is 6.42 Å². The van der Waals surface area contributed by atoms with Crippen molar-refractivity contribution in [1.29, 1.82) is 0 Å². The van der Waals surface area contributed by atoms with Crippen LogP contribution >= 0.6 is 34.8 Å². The highest BCUT2D eigenvalue weighted by Crippen LogP contribution is 2.43. The minimum atomic E-state index is -0.511. The molecule has 1 aromatic heterocycles. The number of hydrogen-bond donors (Lipinski definition) is 1. The standard InChI is InChI=1S/C21H23Cl3N4O/c1-12-17(21(29)27(2)13-7-4-3-5-8-13)19(14-9-6-10-15(22)18(14)24)28-20(26-12)16(23)11-25-28/h6,9-11,13,19,26H,3-5,7-8H2,1-2H3. The van der Waals surface area contributed by atoms with E-state index in [0.29, 0.717) is 26.5 Å². The van der Waals surface area contributed by atoms with Crippen LogP contribution in [0, 0.1) is 0 Å². The number of carbonyl (C=O) groups is 1. The molecule has 1 atom stereocenters. The summed E-state index contributed by atoms with van der Waals surface area (Å²) in [6.45, 7) is 1.89. The van der Waals surface area contributed by atoms with E-state index in [2.05, 4.69) is 10.4 Å². The lowest BCUT2D eigenvalue weighted by molar-refractivity contribution is -0.129. The summed E-state index contributed by atoms with van der Waals surface area (Å²) in [7, 11) is 1.89. The number of fused-ring (bicyclic) bond motifs is 1. The van der Waals surface area contributed by atoms with Gasteiger partial charge in [-0.25, -0.2) is 4.68 Å². The molecule has 29 heavy (non-hydrogen) atoms. The van der Waals surface area contributed by atoms with Crippen molar-refractivity contribution in [3.05, 3.63) is 56.3 Å². The maximum Gasteiger partial charge on any atom is 0.254 e. The highest BCUT2D eigenvalue weighted by Gasteiger charge is 2.37.